The molecule has 1 aliphatic heterocycles. The van der Waals surface area contributed by atoms with Crippen LogP contribution >= 0.6 is 0 Å². The largest absolute Gasteiger partial charge is 0.349 e. The van der Waals surface area contributed by atoms with E-state index < -0.39 is 12.1 Å². The van der Waals surface area contributed by atoms with Gasteiger partial charge in [-0.2, -0.15) is 0 Å². The first kappa shape index (κ1) is 14.6. The van der Waals surface area contributed by atoms with Gasteiger partial charge in [-0.05, 0) is 18.8 Å². The summed E-state index contributed by atoms with van der Waals surface area (Å²) in [5, 5.41) is 9.55. The molecule has 0 aromatic rings. The molecule has 6 heteroatoms. The summed E-state index contributed by atoms with van der Waals surface area (Å²) in [5.41, 5.74) is 5.68. The minimum atomic E-state index is -0.477. The van der Waals surface area contributed by atoms with Gasteiger partial charge in [0.1, 0.15) is 6.04 Å². The average molecular weight is 254 g/mol. The van der Waals surface area contributed by atoms with Crippen molar-refractivity contribution >= 4 is 18.0 Å². The quantitative estimate of drug-likeness (QED) is 0.569. The zero-order valence-electron chi connectivity index (χ0n) is 11.0. The Morgan fingerprint density at radius 1 is 1.67 bits per heavy atom. The molecule has 102 valence electrons. The summed E-state index contributed by atoms with van der Waals surface area (Å²) in [6.07, 6.45) is 2.34. The molecule has 1 heterocycles. The molecule has 2 atom stereocenters. The van der Waals surface area contributed by atoms with Crippen LogP contribution in [0.1, 0.15) is 26.7 Å². The van der Waals surface area contributed by atoms with Crippen LogP contribution in [0.3, 0.4) is 0 Å². The van der Waals surface area contributed by atoms with Crippen molar-refractivity contribution in [1.82, 2.24) is 10.2 Å². The maximum Gasteiger partial charge on any atom is 0.243 e. The number of hydrogen-bond acceptors (Lipinski definition) is 4. The van der Waals surface area contributed by atoms with Gasteiger partial charge in [-0.1, -0.05) is 13.8 Å². The van der Waals surface area contributed by atoms with Crippen molar-refractivity contribution in [3.63, 3.8) is 0 Å². The van der Waals surface area contributed by atoms with Crippen LogP contribution in [-0.2, 0) is 9.59 Å². The van der Waals surface area contributed by atoms with Crippen LogP contribution in [0.25, 0.3) is 0 Å². The second-order valence-electron chi connectivity index (χ2n) is 5.02. The minimum Gasteiger partial charge on any atom is -0.349 e. The normalized spacial score (nSPS) is 21.2. The van der Waals surface area contributed by atoms with E-state index in [0.29, 0.717) is 25.3 Å². The van der Waals surface area contributed by atoms with Gasteiger partial charge in [0.15, 0.2) is 0 Å². The highest BCUT2D eigenvalue weighted by atomic mass is 16.2. The number of nitrogens with two attached hydrogens (primary N) is 1. The van der Waals surface area contributed by atoms with Gasteiger partial charge in [-0.25, -0.2) is 0 Å². The Balaban J connectivity index is 2.74. The number of hydrogen-bond donors (Lipinski definition) is 3. The third-order valence-electron chi connectivity index (χ3n) is 3.03. The Labute approximate surface area is 107 Å². The van der Waals surface area contributed by atoms with E-state index in [4.69, 9.17) is 11.1 Å². The SMILES string of the molecule is CC(C)C[C@@H](C(=O)NCC=N)N1CC[C@@H](N)C1=O. The van der Waals surface area contributed by atoms with Crippen LogP contribution < -0.4 is 11.1 Å². The van der Waals surface area contributed by atoms with Gasteiger partial charge in [0.25, 0.3) is 0 Å². The smallest absolute Gasteiger partial charge is 0.243 e. The van der Waals surface area contributed by atoms with Crippen molar-refractivity contribution in [3.8, 4) is 0 Å². The average Bonchev–Trinajstić information content (AvgIpc) is 2.64. The number of likely N-dealkylation sites (tertiary alicyclic amines) is 1. The van der Waals surface area contributed by atoms with Crippen LogP contribution in [0.2, 0.25) is 0 Å². The molecule has 2 amide bonds. The minimum absolute atomic E-state index is 0.148. The maximum absolute atomic E-state index is 12.0. The Morgan fingerprint density at radius 3 is 2.78 bits per heavy atom. The molecule has 6 nitrogen and oxygen atoms in total. The predicted molar refractivity (Wildman–Crippen MR) is 69.3 cm³/mol. The molecule has 0 bridgehead atoms. The van der Waals surface area contributed by atoms with Crippen molar-refractivity contribution in [2.45, 2.75) is 38.8 Å². The Kier molecular flexibility index (Phi) is 5.27. The summed E-state index contributed by atoms with van der Waals surface area (Å²) in [4.78, 5) is 25.5. The fourth-order valence-electron chi connectivity index (χ4n) is 2.13. The van der Waals surface area contributed by atoms with Crippen molar-refractivity contribution in [2.75, 3.05) is 13.1 Å². The number of nitrogens with one attached hydrogen (secondary N) is 2. The number of nitrogens with zero attached hydrogens (tertiary/aromatic N) is 1. The Bertz CT molecular complexity index is 330. The van der Waals surface area contributed by atoms with Crippen LogP contribution in [0.5, 0.6) is 0 Å². The van der Waals surface area contributed by atoms with Crippen LogP contribution in [0.4, 0.5) is 0 Å². The topological polar surface area (TPSA) is 99.3 Å². The van der Waals surface area contributed by atoms with E-state index in [1.54, 1.807) is 4.90 Å². The third-order valence-corrected chi connectivity index (χ3v) is 3.03. The second kappa shape index (κ2) is 6.49. The van der Waals surface area contributed by atoms with E-state index in [1.807, 2.05) is 13.8 Å². The zero-order chi connectivity index (χ0) is 13.7. The first-order valence-electron chi connectivity index (χ1n) is 6.30. The molecule has 4 N–H and O–H groups in total. The first-order valence-corrected chi connectivity index (χ1v) is 6.30. The number of carbonyl (C=O) groups excluding carboxylic acids is 2. The highest BCUT2D eigenvalue weighted by Gasteiger charge is 2.37. The van der Waals surface area contributed by atoms with E-state index >= 15 is 0 Å². The molecular weight excluding hydrogens is 232 g/mol. The van der Waals surface area contributed by atoms with E-state index in [-0.39, 0.29) is 18.4 Å². The lowest BCUT2D eigenvalue weighted by molar-refractivity contribution is -0.138. The summed E-state index contributed by atoms with van der Waals surface area (Å²) in [5.74, 6) is -0.0364. The van der Waals surface area contributed by atoms with E-state index in [2.05, 4.69) is 5.32 Å². The van der Waals surface area contributed by atoms with E-state index in [9.17, 15) is 9.59 Å². The lowest BCUT2D eigenvalue weighted by Gasteiger charge is -2.28. The number of amides is 2. The van der Waals surface area contributed by atoms with Crippen LogP contribution in [0, 0.1) is 11.3 Å². The van der Waals surface area contributed by atoms with Crippen molar-refractivity contribution in [1.29, 1.82) is 5.41 Å². The molecule has 1 fully saturated rings. The third kappa shape index (κ3) is 3.53. The molecule has 0 aromatic heterocycles. The molecule has 0 saturated carbocycles. The summed E-state index contributed by atoms with van der Waals surface area (Å²) in [7, 11) is 0. The lowest BCUT2D eigenvalue weighted by atomic mass is 10.0. The maximum atomic E-state index is 12.0. The molecule has 1 saturated heterocycles. The highest BCUT2D eigenvalue weighted by molar-refractivity contribution is 5.91. The lowest BCUT2D eigenvalue weighted by Crippen LogP contribution is -2.50. The van der Waals surface area contributed by atoms with Crippen LogP contribution in [-0.4, -0.2) is 48.1 Å². The van der Waals surface area contributed by atoms with Gasteiger partial charge in [0, 0.05) is 12.8 Å². The van der Waals surface area contributed by atoms with Gasteiger partial charge < -0.3 is 21.4 Å². The van der Waals surface area contributed by atoms with E-state index in [1.165, 1.54) is 0 Å². The van der Waals surface area contributed by atoms with Gasteiger partial charge >= 0.3 is 0 Å². The first-order chi connectivity index (χ1) is 8.47. The summed E-state index contributed by atoms with van der Waals surface area (Å²) >= 11 is 0. The van der Waals surface area contributed by atoms with E-state index in [0.717, 1.165) is 6.21 Å². The fraction of sp³-hybridized carbons (Fsp3) is 0.750. The summed E-state index contributed by atoms with van der Waals surface area (Å²) in [6.45, 7) is 4.76. The van der Waals surface area contributed by atoms with Gasteiger partial charge in [0.05, 0.1) is 12.6 Å². The molecule has 0 aliphatic carbocycles. The van der Waals surface area contributed by atoms with Crippen LogP contribution in [0.15, 0.2) is 0 Å². The molecule has 1 rings (SSSR count). The van der Waals surface area contributed by atoms with Crippen molar-refractivity contribution < 1.29 is 9.59 Å². The van der Waals surface area contributed by atoms with Crippen molar-refractivity contribution in [2.24, 2.45) is 11.7 Å². The molecule has 0 radical (unpaired) electrons. The van der Waals surface area contributed by atoms with Gasteiger partial charge in [0.2, 0.25) is 11.8 Å². The molecule has 1 aliphatic rings. The monoisotopic (exact) mass is 254 g/mol. The van der Waals surface area contributed by atoms with Crippen molar-refractivity contribution in [3.05, 3.63) is 0 Å². The summed E-state index contributed by atoms with van der Waals surface area (Å²) in [6, 6.07) is -0.943. The number of rotatable bonds is 6. The molecule has 0 aromatic carbocycles. The Morgan fingerprint density at radius 2 is 2.33 bits per heavy atom. The molecular formula is C12H22N4O2. The molecule has 0 spiro atoms. The number of carbonyl (C=O) groups is 2. The second-order valence-corrected chi connectivity index (χ2v) is 5.02. The highest BCUT2D eigenvalue weighted by Crippen LogP contribution is 2.18. The Hall–Kier alpha value is -1.43. The molecule has 0 unspecified atom stereocenters. The fourth-order valence-corrected chi connectivity index (χ4v) is 2.13. The standard InChI is InChI=1S/C12H22N4O2/c1-8(2)7-10(11(17)15-5-4-13)16-6-3-9(14)12(16)18/h4,8-10,13H,3,5-7,14H2,1-2H3,(H,15,17)/t9-,10+/m1/s1. The van der Waals surface area contributed by atoms with Gasteiger partial charge in [-0.3, -0.25) is 9.59 Å². The predicted octanol–water partition coefficient (Wildman–Crippen LogP) is -0.274. The zero-order valence-corrected chi connectivity index (χ0v) is 11.0. The molecule has 18 heavy (non-hydrogen) atoms. The van der Waals surface area contributed by atoms with Gasteiger partial charge in [-0.15, -0.1) is 0 Å². The summed E-state index contributed by atoms with van der Waals surface area (Å²) < 4.78 is 0.